The molecule has 1 aliphatic rings. The molecule has 0 spiro atoms. The van der Waals surface area contributed by atoms with Gasteiger partial charge in [-0.2, -0.15) is 0 Å². The Morgan fingerprint density at radius 3 is 3.00 bits per heavy atom. The van der Waals surface area contributed by atoms with Crippen molar-refractivity contribution in [2.24, 2.45) is 0 Å². The summed E-state index contributed by atoms with van der Waals surface area (Å²) in [5.74, 6) is -0.418. The van der Waals surface area contributed by atoms with Crippen LogP contribution in [-0.4, -0.2) is 35.3 Å². The van der Waals surface area contributed by atoms with Crippen LogP contribution >= 0.6 is 11.6 Å². The second-order valence-corrected chi connectivity index (χ2v) is 4.76. The van der Waals surface area contributed by atoms with Crippen LogP contribution in [0.4, 0.5) is 0 Å². The van der Waals surface area contributed by atoms with Crippen LogP contribution in [0.15, 0.2) is 12.3 Å². The highest BCUT2D eigenvalue weighted by molar-refractivity contribution is 6.30. The van der Waals surface area contributed by atoms with Crippen molar-refractivity contribution in [1.82, 2.24) is 10.3 Å². The number of ether oxygens (including phenoxy) is 1. The Hall–Kier alpha value is -1.33. The maximum absolute atomic E-state index is 11.0. The van der Waals surface area contributed by atoms with Gasteiger partial charge in [0.25, 0.3) is 0 Å². The summed E-state index contributed by atoms with van der Waals surface area (Å²) in [7, 11) is 1.61. The second kappa shape index (κ2) is 5.54. The van der Waals surface area contributed by atoms with Gasteiger partial charge < -0.3 is 15.2 Å². The zero-order valence-corrected chi connectivity index (χ0v) is 10.8. The fraction of sp³-hybridized carbons (Fsp3) is 0.500. The number of aliphatic carboxylic acids is 1. The Balaban J connectivity index is 2.17. The van der Waals surface area contributed by atoms with E-state index in [9.17, 15) is 4.79 Å². The standard InChI is InChI=1S/C12H15ClN2O3/c1-14-10(12(16)17)5-7-4-8(13)6-15-11(7)18-9-2-3-9/h4,6,9-10,14H,2-3,5H2,1H3,(H,16,17). The van der Waals surface area contributed by atoms with E-state index in [0.29, 0.717) is 17.3 Å². The molecule has 2 N–H and O–H groups in total. The fourth-order valence-electron chi connectivity index (χ4n) is 1.60. The van der Waals surface area contributed by atoms with Gasteiger partial charge in [0, 0.05) is 18.2 Å². The number of carboxylic acid groups (broad SMARTS) is 1. The van der Waals surface area contributed by atoms with E-state index in [4.69, 9.17) is 21.4 Å². The summed E-state index contributed by atoms with van der Waals surface area (Å²) in [6, 6.07) is 1.03. The number of nitrogens with one attached hydrogen (secondary N) is 1. The van der Waals surface area contributed by atoms with Gasteiger partial charge in [0.15, 0.2) is 0 Å². The fourth-order valence-corrected chi connectivity index (χ4v) is 1.78. The second-order valence-electron chi connectivity index (χ2n) is 4.32. The molecule has 0 radical (unpaired) electrons. The number of hydrogen-bond donors (Lipinski definition) is 2. The van der Waals surface area contributed by atoms with Gasteiger partial charge in [0.05, 0.1) is 5.02 Å². The van der Waals surface area contributed by atoms with Gasteiger partial charge in [-0.05, 0) is 26.0 Å². The lowest BCUT2D eigenvalue weighted by atomic mass is 10.1. The molecule has 0 aliphatic heterocycles. The van der Waals surface area contributed by atoms with Crippen molar-refractivity contribution in [3.8, 4) is 5.88 Å². The molecule has 5 nitrogen and oxygen atoms in total. The van der Waals surface area contributed by atoms with E-state index in [1.165, 1.54) is 6.20 Å². The molecule has 1 saturated carbocycles. The molecule has 1 aromatic rings. The highest BCUT2D eigenvalue weighted by Gasteiger charge is 2.26. The van der Waals surface area contributed by atoms with Gasteiger partial charge in [-0.1, -0.05) is 11.6 Å². The molecule has 2 rings (SSSR count). The first kappa shape index (κ1) is 13.1. The zero-order valence-electron chi connectivity index (χ0n) is 10.0. The Morgan fingerprint density at radius 1 is 1.72 bits per heavy atom. The molecule has 1 aliphatic carbocycles. The summed E-state index contributed by atoms with van der Waals surface area (Å²) in [6.07, 6.45) is 4.07. The van der Waals surface area contributed by atoms with E-state index in [1.54, 1.807) is 13.1 Å². The van der Waals surface area contributed by atoms with Crippen molar-refractivity contribution in [3.05, 3.63) is 22.8 Å². The monoisotopic (exact) mass is 270 g/mol. The van der Waals surface area contributed by atoms with Crippen LogP contribution in [0.1, 0.15) is 18.4 Å². The lowest BCUT2D eigenvalue weighted by molar-refractivity contribution is -0.139. The molecule has 0 aromatic carbocycles. The molecular formula is C12H15ClN2O3. The van der Waals surface area contributed by atoms with Crippen LogP contribution < -0.4 is 10.1 Å². The minimum absolute atomic E-state index is 0.218. The Labute approximate surface area is 110 Å². The molecule has 1 unspecified atom stereocenters. The molecule has 1 heterocycles. The van der Waals surface area contributed by atoms with Crippen molar-refractivity contribution in [3.63, 3.8) is 0 Å². The van der Waals surface area contributed by atoms with Gasteiger partial charge in [0.1, 0.15) is 12.1 Å². The number of halogens is 1. The normalized spacial score (nSPS) is 16.3. The predicted octanol–water partition coefficient (Wildman–Crippen LogP) is 1.49. The van der Waals surface area contributed by atoms with Gasteiger partial charge in [-0.3, -0.25) is 4.79 Å². The summed E-state index contributed by atoms with van der Waals surface area (Å²) >= 11 is 5.89. The van der Waals surface area contributed by atoms with Crippen LogP contribution in [0.5, 0.6) is 5.88 Å². The Kier molecular flexibility index (Phi) is 4.04. The molecule has 1 aromatic heterocycles. The van der Waals surface area contributed by atoms with Gasteiger partial charge in [0.2, 0.25) is 5.88 Å². The summed E-state index contributed by atoms with van der Waals surface area (Å²) in [5.41, 5.74) is 0.719. The zero-order chi connectivity index (χ0) is 13.1. The average Bonchev–Trinajstić information content (AvgIpc) is 3.12. The number of carboxylic acids is 1. The first-order valence-corrected chi connectivity index (χ1v) is 6.19. The van der Waals surface area contributed by atoms with E-state index in [2.05, 4.69) is 10.3 Å². The molecule has 0 saturated heterocycles. The van der Waals surface area contributed by atoms with E-state index in [-0.39, 0.29) is 6.10 Å². The van der Waals surface area contributed by atoms with Crippen molar-refractivity contribution >= 4 is 17.6 Å². The number of nitrogens with zero attached hydrogens (tertiary/aromatic N) is 1. The third-order valence-electron chi connectivity index (χ3n) is 2.77. The lowest BCUT2D eigenvalue weighted by Gasteiger charge is -2.14. The van der Waals surface area contributed by atoms with Crippen LogP contribution in [0.2, 0.25) is 5.02 Å². The Bertz CT molecular complexity index is 449. The van der Waals surface area contributed by atoms with E-state index >= 15 is 0 Å². The van der Waals surface area contributed by atoms with Crippen LogP contribution in [0, 0.1) is 0 Å². The maximum atomic E-state index is 11.0. The molecular weight excluding hydrogens is 256 g/mol. The Morgan fingerprint density at radius 2 is 2.44 bits per heavy atom. The molecule has 0 bridgehead atoms. The third-order valence-corrected chi connectivity index (χ3v) is 2.97. The first-order chi connectivity index (χ1) is 8.60. The predicted molar refractivity (Wildman–Crippen MR) is 67.1 cm³/mol. The van der Waals surface area contributed by atoms with Crippen molar-refractivity contribution in [1.29, 1.82) is 0 Å². The van der Waals surface area contributed by atoms with Gasteiger partial charge in [-0.15, -0.1) is 0 Å². The summed E-state index contributed by atoms with van der Waals surface area (Å²) in [6.45, 7) is 0. The largest absolute Gasteiger partial charge is 0.480 e. The van der Waals surface area contributed by atoms with Crippen LogP contribution in [0.3, 0.4) is 0 Å². The number of hydrogen-bond acceptors (Lipinski definition) is 4. The lowest BCUT2D eigenvalue weighted by Crippen LogP contribution is -2.35. The third kappa shape index (κ3) is 3.34. The molecule has 6 heteroatoms. The number of rotatable bonds is 6. The molecule has 1 fully saturated rings. The average molecular weight is 271 g/mol. The van der Waals surface area contributed by atoms with Crippen LogP contribution in [0.25, 0.3) is 0 Å². The molecule has 0 amide bonds. The van der Waals surface area contributed by atoms with Crippen molar-refractivity contribution in [2.45, 2.75) is 31.4 Å². The summed E-state index contributed by atoms with van der Waals surface area (Å²) in [4.78, 5) is 15.1. The minimum atomic E-state index is -0.908. The molecule has 98 valence electrons. The number of carbonyl (C=O) groups is 1. The van der Waals surface area contributed by atoms with Crippen molar-refractivity contribution in [2.75, 3.05) is 7.05 Å². The SMILES string of the molecule is CNC(Cc1cc(Cl)cnc1OC1CC1)C(=O)O. The highest BCUT2D eigenvalue weighted by Crippen LogP contribution is 2.29. The number of likely N-dealkylation sites (N-methyl/N-ethyl adjacent to an activating group) is 1. The number of pyridine rings is 1. The van der Waals surface area contributed by atoms with E-state index in [0.717, 1.165) is 18.4 Å². The smallest absolute Gasteiger partial charge is 0.321 e. The quantitative estimate of drug-likeness (QED) is 0.819. The van der Waals surface area contributed by atoms with Gasteiger partial charge in [-0.25, -0.2) is 4.98 Å². The molecule has 18 heavy (non-hydrogen) atoms. The molecule has 1 atom stereocenters. The first-order valence-electron chi connectivity index (χ1n) is 5.81. The van der Waals surface area contributed by atoms with E-state index < -0.39 is 12.0 Å². The minimum Gasteiger partial charge on any atom is -0.480 e. The summed E-state index contributed by atoms with van der Waals surface area (Å²) < 4.78 is 5.65. The van der Waals surface area contributed by atoms with Gasteiger partial charge >= 0.3 is 5.97 Å². The maximum Gasteiger partial charge on any atom is 0.321 e. The summed E-state index contributed by atoms with van der Waals surface area (Å²) in [5, 5.41) is 12.3. The van der Waals surface area contributed by atoms with E-state index in [1.807, 2.05) is 0 Å². The van der Waals surface area contributed by atoms with Crippen LogP contribution in [-0.2, 0) is 11.2 Å². The topological polar surface area (TPSA) is 71.5 Å². The number of aromatic nitrogens is 1. The van der Waals surface area contributed by atoms with Crippen molar-refractivity contribution < 1.29 is 14.6 Å². The highest BCUT2D eigenvalue weighted by atomic mass is 35.5.